The third-order valence-corrected chi connectivity index (χ3v) is 5.53. The zero-order chi connectivity index (χ0) is 21.5. The first-order valence-electron chi connectivity index (χ1n) is 8.57. The monoisotopic (exact) mass is 494 g/mol. The SMILES string of the molecule is COc1c(C)cc(Br)cc1C(=O)N1CCN(c2c(F)c(F)c(Cl)c(F)c2F)CC1. The smallest absolute Gasteiger partial charge is 0.257 e. The number of rotatable bonds is 3. The van der Waals surface area contributed by atoms with Crippen LogP contribution in [0.4, 0.5) is 23.2 Å². The summed E-state index contributed by atoms with van der Waals surface area (Å²) < 4.78 is 61.9. The van der Waals surface area contributed by atoms with Gasteiger partial charge in [0.05, 0.1) is 12.7 Å². The Morgan fingerprint density at radius 2 is 1.59 bits per heavy atom. The van der Waals surface area contributed by atoms with Crippen molar-refractivity contribution < 1.29 is 27.1 Å². The highest BCUT2D eigenvalue weighted by molar-refractivity contribution is 9.10. The molecule has 1 aliphatic rings. The van der Waals surface area contributed by atoms with Crippen LogP contribution in [0, 0.1) is 30.2 Å². The van der Waals surface area contributed by atoms with Crippen molar-refractivity contribution in [1.29, 1.82) is 0 Å². The lowest BCUT2D eigenvalue weighted by Gasteiger charge is -2.36. The summed E-state index contributed by atoms with van der Waals surface area (Å²) in [6, 6.07) is 3.44. The van der Waals surface area contributed by atoms with Crippen molar-refractivity contribution in [1.82, 2.24) is 4.90 Å². The molecule has 4 nitrogen and oxygen atoms in total. The number of hydrogen-bond donors (Lipinski definition) is 0. The second-order valence-corrected chi connectivity index (χ2v) is 7.79. The molecule has 1 heterocycles. The molecule has 1 saturated heterocycles. The van der Waals surface area contributed by atoms with E-state index in [1.54, 1.807) is 13.0 Å². The number of carbonyl (C=O) groups excluding carboxylic acids is 1. The van der Waals surface area contributed by atoms with Gasteiger partial charge in [0, 0.05) is 30.7 Å². The average Bonchev–Trinajstić information content (AvgIpc) is 2.70. The number of aryl methyl sites for hydroxylation is 1. The Bertz CT molecular complexity index is 952. The van der Waals surface area contributed by atoms with E-state index in [9.17, 15) is 22.4 Å². The Labute approximate surface area is 178 Å². The third kappa shape index (κ3) is 3.90. The minimum Gasteiger partial charge on any atom is -0.496 e. The number of benzene rings is 2. The molecule has 0 saturated carbocycles. The van der Waals surface area contributed by atoms with Crippen LogP contribution < -0.4 is 9.64 Å². The maximum Gasteiger partial charge on any atom is 0.257 e. The molecule has 2 aromatic carbocycles. The van der Waals surface area contributed by atoms with Crippen molar-refractivity contribution in [2.45, 2.75) is 6.92 Å². The molecule has 10 heteroatoms. The maximum absolute atomic E-state index is 14.2. The van der Waals surface area contributed by atoms with Gasteiger partial charge in [-0.1, -0.05) is 27.5 Å². The van der Waals surface area contributed by atoms with Crippen LogP contribution in [0.5, 0.6) is 5.75 Å². The molecule has 0 spiro atoms. The lowest BCUT2D eigenvalue weighted by atomic mass is 10.1. The topological polar surface area (TPSA) is 32.8 Å². The summed E-state index contributed by atoms with van der Waals surface area (Å²) in [6.07, 6.45) is 0. The molecule has 1 amide bonds. The molecule has 0 atom stereocenters. The Morgan fingerprint density at radius 1 is 1.03 bits per heavy atom. The lowest BCUT2D eigenvalue weighted by Crippen LogP contribution is -2.49. The maximum atomic E-state index is 14.2. The number of amides is 1. The standard InChI is InChI=1S/C19H16BrClF4N2O2/c1-9-7-10(20)8-11(18(9)29-2)19(28)27-5-3-26(4-6-27)17-15(24)13(22)12(21)14(23)16(17)25/h7-8H,3-6H2,1-2H3. The van der Waals surface area contributed by atoms with E-state index in [1.165, 1.54) is 12.0 Å². The van der Waals surface area contributed by atoms with Gasteiger partial charge in [-0.3, -0.25) is 4.79 Å². The molecule has 0 aliphatic carbocycles. The molecule has 2 aromatic rings. The number of piperazine rings is 1. The predicted octanol–water partition coefficient (Wildman–Crippen LogP) is 4.94. The highest BCUT2D eigenvalue weighted by Gasteiger charge is 2.31. The zero-order valence-corrected chi connectivity index (χ0v) is 17.8. The third-order valence-electron chi connectivity index (χ3n) is 4.74. The molecule has 0 radical (unpaired) electrons. The van der Waals surface area contributed by atoms with E-state index in [0.717, 1.165) is 10.5 Å². The van der Waals surface area contributed by atoms with Crippen LogP contribution in [0.25, 0.3) is 0 Å². The molecule has 1 aliphatic heterocycles. The first kappa shape index (κ1) is 21.7. The Kier molecular flexibility index (Phi) is 6.28. The normalized spacial score (nSPS) is 14.3. The fourth-order valence-corrected chi connectivity index (χ4v) is 4.07. The number of nitrogens with zero attached hydrogens (tertiary/aromatic N) is 2. The predicted molar refractivity (Wildman–Crippen MR) is 105 cm³/mol. The van der Waals surface area contributed by atoms with E-state index in [2.05, 4.69) is 15.9 Å². The van der Waals surface area contributed by atoms with E-state index in [1.807, 2.05) is 6.07 Å². The van der Waals surface area contributed by atoms with Crippen LogP contribution in [0.15, 0.2) is 16.6 Å². The van der Waals surface area contributed by atoms with Gasteiger partial charge in [0.2, 0.25) is 0 Å². The number of carbonyl (C=O) groups is 1. The van der Waals surface area contributed by atoms with Gasteiger partial charge in [-0.15, -0.1) is 0 Å². The van der Waals surface area contributed by atoms with Crippen LogP contribution in [-0.4, -0.2) is 44.1 Å². The number of ether oxygens (including phenoxy) is 1. The fourth-order valence-electron chi connectivity index (χ4n) is 3.33. The quantitative estimate of drug-likeness (QED) is 0.344. The van der Waals surface area contributed by atoms with Crippen molar-refractivity contribution >= 4 is 39.1 Å². The number of anilines is 1. The van der Waals surface area contributed by atoms with Gasteiger partial charge in [-0.25, -0.2) is 17.6 Å². The first-order valence-corrected chi connectivity index (χ1v) is 9.74. The zero-order valence-electron chi connectivity index (χ0n) is 15.5. The molecule has 0 bridgehead atoms. The molecule has 1 fully saturated rings. The molecular formula is C19H16BrClF4N2O2. The molecular weight excluding hydrogens is 480 g/mol. The van der Waals surface area contributed by atoms with E-state index in [0.29, 0.717) is 15.8 Å². The summed E-state index contributed by atoms with van der Waals surface area (Å²) in [4.78, 5) is 15.6. The molecule has 3 rings (SSSR count). The molecule has 156 valence electrons. The summed E-state index contributed by atoms with van der Waals surface area (Å²) in [5.41, 5.74) is 0.279. The van der Waals surface area contributed by atoms with Crippen molar-refractivity contribution in [3.8, 4) is 5.75 Å². The van der Waals surface area contributed by atoms with Gasteiger partial charge in [0.1, 0.15) is 16.5 Å². The van der Waals surface area contributed by atoms with Crippen LogP contribution in [0.2, 0.25) is 5.02 Å². The molecule has 29 heavy (non-hydrogen) atoms. The minimum atomic E-state index is -1.64. The second-order valence-electron chi connectivity index (χ2n) is 6.50. The second kappa shape index (κ2) is 8.39. The number of methoxy groups -OCH3 is 1. The highest BCUT2D eigenvalue weighted by Crippen LogP contribution is 2.34. The van der Waals surface area contributed by atoms with Gasteiger partial charge in [-0.05, 0) is 24.6 Å². The Hall–Kier alpha value is -2.00. The van der Waals surface area contributed by atoms with Crippen LogP contribution >= 0.6 is 27.5 Å². The number of hydrogen-bond acceptors (Lipinski definition) is 3. The summed E-state index contributed by atoms with van der Waals surface area (Å²) in [5.74, 6) is -6.29. The van der Waals surface area contributed by atoms with E-state index in [4.69, 9.17) is 16.3 Å². The summed E-state index contributed by atoms with van der Waals surface area (Å²) in [7, 11) is 1.46. The Morgan fingerprint density at radius 3 is 2.10 bits per heavy atom. The van der Waals surface area contributed by atoms with Crippen LogP contribution in [-0.2, 0) is 0 Å². The van der Waals surface area contributed by atoms with E-state index < -0.39 is 34.0 Å². The minimum absolute atomic E-state index is 0.0185. The fraction of sp³-hybridized carbons (Fsp3) is 0.316. The van der Waals surface area contributed by atoms with Gasteiger partial charge in [-0.2, -0.15) is 0 Å². The molecule has 0 aromatic heterocycles. The highest BCUT2D eigenvalue weighted by atomic mass is 79.9. The Balaban J connectivity index is 1.83. The summed E-state index contributed by atoms with van der Waals surface area (Å²) >= 11 is 8.61. The van der Waals surface area contributed by atoms with Crippen molar-refractivity contribution in [2.75, 3.05) is 38.2 Å². The van der Waals surface area contributed by atoms with Crippen molar-refractivity contribution in [2.24, 2.45) is 0 Å². The van der Waals surface area contributed by atoms with E-state index >= 15 is 0 Å². The van der Waals surface area contributed by atoms with Crippen LogP contribution in [0.1, 0.15) is 15.9 Å². The van der Waals surface area contributed by atoms with E-state index in [-0.39, 0.29) is 32.1 Å². The first-order chi connectivity index (χ1) is 13.7. The molecule has 0 unspecified atom stereocenters. The van der Waals surface area contributed by atoms with Gasteiger partial charge < -0.3 is 14.5 Å². The largest absolute Gasteiger partial charge is 0.496 e. The summed E-state index contributed by atoms with van der Waals surface area (Å²) in [5, 5.41) is -1.23. The van der Waals surface area contributed by atoms with Gasteiger partial charge in [0.25, 0.3) is 5.91 Å². The lowest BCUT2D eigenvalue weighted by molar-refractivity contribution is 0.0742. The van der Waals surface area contributed by atoms with Gasteiger partial charge >= 0.3 is 0 Å². The van der Waals surface area contributed by atoms with Crippen LogP contribution in [0.3, 0.4) is 0 Å². The molecule has 0 N–H and O–H groups in total. The average molecular weight is 496 g/mol. The van der Waals surface area contributed by atoms with Gasteiger partial charge in [0.15, 0.2) is 23.3 Å². The number of halogens is 6. The summed E-state index contributed by atoms with van der Waals surface area (Å²) in [6.45, 7) is 1.95. The van der Waals surface area contributed by atoms with Crippen molar-refractivity contribution in [3.63, 3.8) is 0 Å². The van der Waals surface area contributed by atoms with Crippen molar-refractivity contribution in [3.05, 3.63) is 56.0 Å².